The molecule has 1 saturated heterocycles. The van der Waals surface area contributed by atoms with Crippen molar-refractivity contribution >= 4 is 27.7 Å². The quantitative estimate of drug-likeness (QED) is 0.429. The standard InChI is InChI=1S/C14H22BrNO2/c1-2-10-8-11-12(9-10)14(18)16(13(11)17)7-5-3-4-6-15/h10-12H,2-9H2,1H3. The van der Waals surface area contributed by atoms with Crippen LogP contribution >= 0.6 is 15.9 Å². The van der Waals surface area contributed by atoms with Crippen LogP contribution in [0.4, 0.5) is 0 Å². The van der Waals surface area contributed by atoms with Crippen LogP contribution in [-0.4, -0.2) is 28.6 Å². The lowest BCUT2D eigenvalue weighted by Crippen LogP contribution is -2.33. The van der Waals surface area contributed by atoms with Gasteiger partial charge < -0.3 is 0 Å². The molecule has 2 amide bonds. The molecule has 0 bridgehead atoms. The van der Waals surface area contributed by atoms with Crippen molar-refractivity contribution in [1.29, 1.82) is 0 Å². The molecule has 4 heteroatoms. The molecule has 0 aromatic rings. The van der Waals surface area contributed by atoms with Gasteiger partial charge in [0.15, 0.2) is 0 Å². The normalized spacial score (nSPS) is 31.2. The van der Waals surface area contributed by atoms with Crippen molar-refractivity contribution in [1.82, 2.24) is 4.90 Å². The number of unbranched alkanes of at least 4 members (excludes halogenated alkanes) is 2. The minimum Gasteiger partial charge on any atom is -0.282 e. The Bertz CT molecular complexity index is 308. The summed E-state index contributed by atoms with van der Waals surface area (Å²) in [6, 6.07) is 0. The van der Waals surface area contributed by atoms with E-state index >= 15 is 0 Å². The van der Waals surface area contributed by atoms with E-state index in [1.807, 2.05) is 0 Å². The molecule has 2 rings (SSSR count). The number of hydrogen-bond acceptors (Lipinski definition) is 2. The Labute approximate surface area is 117 Å². The van der Waals surface area contributed by atoms with Crippen molar-refractivity contribution < 1.29 is 9.59 Å². The first-order chi connectivity index (χ1) is 8.69. The zero-order valence-electron chi connectivity index (χ0n) is 11.0. The molecule has 3 nitrogen and oxygen atoms in total. The molecule has 2 fully saturated rings. The maximum absolute atomic E-state index is 12.2. The molecule has 2 unspecified atom stereocenters. The molecule has 0 aromatic carbocycles. The second-order valence-corrected chi connectivity index (χ2v) is 6.33. The minimum atomic E-state index is 0.0126. The number of halogens is 1. The Morgan fingerprint density at radius 3 is 2.22 bits per heavy atom. The Morgan fingerprint density at radius 1 is 1.11 bits per heavy atom. The number of rotatable bonds is 6. The third kappa shape index (κ3) is 2.63. The van der Waals surface area contributed by atoms with Gasteiger partial charge >= 0.3 is 0 Å². The predicted molar refractivity (Wildman–Crippen MR) is 74.4 cm³/mol. The largest absolute Gasteiger partial charge is 0.282 e. The van der Waals surface area contributed by atoms with Crippen LogP contribution < -0.4 is 0 Å². The molecule has 18 heavy (non-hydrogen) atoms. The third-order valence-corrected chi connectivity index (χ3v) is 4.98. The second-order valence-electron chi connectivity index (χ2n) is 5.54. The van der Waals surface area contributed by atoms with Gasteiger partial charge in [-0.25, -0.2) is 0 Å². The topological polar surface area (TPSA) is 37.4 Å². The van der Waals surface area contributed by atoms with Crippen molar-refractivity contribution in [3.05, 3.63) is 0 Å². The van der Waals surface area contributed by atoms with E-state index in [-0.39, 0.29) is 23.7 Å². The van der Waals surface area contributed by atoms with E-state index in [1.165, 1.54) is 4.90 Å². The molecule has 0 spiro atoms. The number of carbonyl (C=O) groups excluding carboxylic acids is 2. The summed E-state index contributed by atoms with van der Waals surface area (Å²) in [7, 11) is 0. The maximum Gasteiger partial charge on any atom is 0.233 e. The second kappa shape index (κ2) is 6.18. The van der Waals surface area contributed by atoms with Gasteiger partial charge in [0, 0.05) is 11.9 Å². The molecular weight excluding hydrogens is 294 g/mol. The monoisotopic (exact) mass is 315 g/mol. The molecule has 2 aliphatic rings. The summed E-state index contributed by atoms with van der Waals surface area (Å²) in [5.41, 5.74) is 0. The van der Waals surface area contributed by atoms with Crippen LogP contribution in [0.1, 0.15) is 45.4 Å². The zero-order chi connectivity index (χ0) is 13.1. The van der Waals surface area contributed by atoms with Crippen LogP contribution in [-0.2, 0) is 9.59 Å². The smallest absolute Gasteiger partial charge is 0.233 e. The summed E-state index contributed by atoms with van der Waals surface area (Å²) in [4.78, 5) is 26.0. The van der Waals surface area contributed by atoms with Crippen LogP contribution in [0.25, 0.3) is 0 Å². The molecule has 2 atom stereocenters. The number of likely N-dealkylation sites (tertiary alicyclic amines) is 1. The van der Waals surface area contributed by atoms with Gasteiger partial charge in [-0.15, -0.1) is 0 Å². The van der Waals surface area contributed by atoms with E-state index in [9.17, 15) is 9.59 Å². The van der Waals surface area contributed by atoms with Crippen molar-refractivity contribution in [3.8, 4) is 0 Å². The van der Waals surface area contributed by atoms with Crippen LogP contribution in [0.5, 0.6) is 0 Å². The Morgan fingerprint density at radius 2 is 1.72 bits per heavy atom. The average molecular weight is 316 g/mol. The number of amides is 2. The molecule has 1 heterocycles. The van der Waals surface area contributed by atoms with Gasteiger partial charge in [-0.05, 0) is 31.6 Å². The molecular formula is C14H22BrNO2. The average Bonchev–Trinajstić information content (AvgIpc) is 2.89. The fourth-order valence-corrected chi connectivity index (χ4v) is 3.69. The lowest BCUT2D eigenvalue weighted by Gasteiger charge is -2.17. The Balaban J connectivity index is 1.88. The molecule has 1 saturated carbocycles. The summed E-state index contributed by atoms with van der Waals surface area (Å²) in [6.45, 7) is 2.78. The van der Waals surface area contributed by atoms with E-state index in [1.54, 1.807) is 0 Å². The highest BCUT2D eigenvalue weighted by Gasteiger charge is 2.51. The summed E-state index contributed by atoms with van der Waals surface area (Å²) < 4.78 is 0. The summed E-state index contributed by atoms with van der Waals surface area (Å²) in [5.74, 6) is 0.834. The number of imide groups is 1. The number of alkyl halides is 1. The highest BCUT2D eigenvalue weighted by molar-refractivity contribution is 9.09. The highest BCUT2D eigenvalue weighted by atomic mass is 79.9. The fraction of sp³-hybridized carbons (Fsp3) is 0.857. The SMILES string of the molecule is CCC1CC2C(=O)N(CCCCCBr)C(=O)C2C1. The van der Waals surface area contributed by atoms with Crippen LogP contribution in [0.3, 0.4) is 0 Å². The molecule has 0 radical (unpaired) electrons. The van der Waals surface area contributed by atoms with Crippen molar-refractivity contribution in [2.75, 3.05) is 11.9 Å². The Hall–Kier alpha value is -0.380. The van der Waals surface area contributed by atoms with Gasteiger partial charge in [-0.2, -0.15) is 0 Å². The number of fused-ring (bicyclic) bond motifs is 1. The van der Waals surface area contributed by atoms with Gasteiger partial charge in [0.05, 0.1) is 11.8 Å². The molecule has 0 aromatic heterocycles. The van der Waals surface area contributed by atoms with Gasteiger partial charge in [0.1, 0.15) is 0 Å². The summed E-state index contributed by atoms with van der Waals surface area (Å²) in [5, 5.41) is 0.998. The van der Waals surface area contributed by atoms with Gasteiger partial charge in [0.2, 0.25) is 11.8 Å². The molecule has 102 valence electrons. The summed E-state index contributed by atoms with van der Waals surface area (Å²) in [6.07, 6.45) is 6.10. The van der Waals surface area contributed by atoms with Crippen LogP contribution in [0.15, 0.2) is 0 Å². The van der Waals surface area contributed by atoms with Crippen molar-refractivity contribution in [2.24, 2.45) is 17.8 Å². The maximum atomic E-state index is 12.2. The van der Waals surface area contributed by atoms with Crippen molar-refractivity contribution in [2.45, 2.75) is 45.4 Å². The first-order valence-corrected chi connectivity index (χ1v) is 8.22. The van der Waals surface area contributed by atoms with E-state index in [0.29, 0.717) is 12.5 Å². The van der Waals surface area contributed by atoms with E-state index in [0.717, 1.165) is 43.9 Å². The third-order valence-electron chi connectivity index (χ3n) is 4.42. The zero-order valence-corrected chi connectivity index (χ0v) is 12.6. The molecule has 0 N–H and O–H groups in total. The first kappa shape index (κ1) is 14.0. The number of hydrogen-bond donors (Lipinski definition) is 0. The van der Waals surface area contributed by atoms with E-state index in [2.05, 4.69) is 22.9 Å². The minimum absolute atomic E-state index is 0.0126. The summed E-state index contributed by atoms with van der Waals surface area (Å²) >= 11 is 3.39. The van der Waals surface area contributed by atoms with E-state index < -0.39 is 0 Å². The van der Waals surface area contributed by atoms with Crippen molar-refractivity contribution in [3.63, 3.8) is 0 Å². The number of carbonyl (C=O) groups is 2. The predicted octanol–water partition coefficient (Wildman–Crippen LogP) is 2.97. The Kier molecular flexibility index (Phi) is 4.82. The van der Waals surface area contributed by atoms with Gasteiger partial charge in [-0.3, -0.25) is 14.5 Å². The molecule has 1 aliphatic heterocycles. The van der Waals surface area contributed by atoms with Crippen LogP contribution in [0.2, 0.25) is 0 Å². The number of nitrogens with zero attached hydrogens (tertiary/aromatic N) is 1. The lowest BCUT2D eigenvalue weighted by molar-refractivity contribution is -0.140. The first-order valence-electron chi connectivity index (χ1n) is 7.10. The highest BCUT2D eigenvalue weighted by Crippen LogP contribution is 2.44. The fourth-order valence-electron chi connectivity index (χ4n) is 3.29. The van der Waals surface area contributed by atoms with Gasteiger partial charge in [0.25, 0.3) is 0 Å². The van der Waals surface area contributed by atoms with Gasteiger partial charge in [-0.1, -0.05) is 35.7 Å². The molecule has 1 aliphatic carbocycles. The van der Waals surface area contributed by atoms with Crippen LogP contribution in [0, 0.1) is 17.8 Å². The lowest BCUT2D eigenvalue weighted by atomic mass is 10.00. The van der Waals surface area contributed by atoms with E-state index in [4.69, 9.17) is 0 Å².